The van der Waals surface area contributed by atoms with Crippen molar-refractivity contribution < 1.29 is 9.90 Å². The lowest BCUT2D eigenvalue weighted by Gasteiger charge is -2.34. The summed E-state index contributed by atoms with van der Waals surface area (Å²) in [5.74, 6) is 0.756. The van der Waals surface area contributed by atoms with Gasteiger partial charge in [-0.2, -0.15) is 0 Å². The van der Waals surface area contributed by atoms with Gasteiger partial charge in [-0.25, -0.2) is 0 Å². The summed E-state index contributed by atoms with van der Waals surface area (Å²) in [5.41, 5.74) is 0. The van der Waals surface area contributed by atoms with Crippen molar-refractivity contribution in [1.29, 1.82) is 0 Å². The van der Waals surface area contributed by atoms with Crippen LogP contribution in [0.25, 0.3) is 0 Å². The Balaban J connectivity index is 1.83. The summed E-state index contributed by atoms with van der Waals surface area (Å²) >= 11 is 0. The Bertz CT molecular complexity index is 279. The summed E-state index contributed by atoms with van der Waals surface area (Å²) in [6.45, 7) is 7.82. The van der Waals surface area contributed by atoms with Gasteiger partial charge >= 0.3 is 0 Å². The molecular formula is C13H25N3O2. The molecule has 0 aromatic rings. The first-order valence-corrected chi connectivity index (χ1v) is 7.06. The van der Waals surface area contributed by atoms with Crippen LogP contribution < -0.4 is 5.32 Å². The maximum absolute atomic E-state index is 12.4. The molecule has 0 radical (unpaired) electrons. The monoisotopic (exact) mass is 255 g/mol. The molecule has 2 heterocycles. The molecule has 2 unspecified atom stereocenters. The van der Waals surface area contributed by atoms with Gasteiger partial charge in [0.2, 0.25) is 5.91 Å². The Kier molecular flexibility index (Phi) is 4.97. The Labute approximate surface area is 109 Å². The predicted molar refractivity (Wildman–Crippen MR) is 70.3 cm³/mol. The molecule has 0 saturated carbocycles. The van der Waals surface area contributed by atoms with Crippen molar-refractivity contribution in [3.05, 3.63) is 0 Å². The first kappa shape index (κ1) is 13.8. The predicted octanol–water partition coefficient (Wildman–Crippen LogP) is -0.489. The van der Waals surface area contributed by atoms with E-state index in [0.717, 1.165) is 52.1 Å². The molecule has 2 aliphatic heterocycles. The van der Waals surface area contributed by atoms with Crippen LogP contribution in [0.15, 0.2) is 0 Å². The normalized spacial score (nSPS) is 27.4. The minimum atomic E-state index is -0.0000217. The number of hydrogen-bond donors (Lipinski definition) is 2. The van der Waals surface area contributed by atoms with Crippen molar-refractivity contribution in [2.24, 2.45) is 5.92 Å². The lowest BCUT2D eigenvalue weighted by molar-refractivity contribution is -0.135. The van der Waals surface area contributed by atoms with Crippen LogP contribution >= 0.6 is 0 Å². The molecule has 5 nitrogen and oxygen atoms in total. The molecule has 0 spiro atoms. The molecule has 2 N–H and O–H groups in total. The molecule has 2 rings (SSSR count). The van der Waals surface area contributed by atoms with E-state index in [9.17, 15) is 4.79 Å². The number of piperazine rings is 1. The third kappa shape index (κ3) is 3.22. The third-order valence-corrected chi connectivity index (χ3v) is 4.19. The maximum Gasteiger partial charge on any atom is 0.239 e. The summed E-state index contributed by atoms with van der Waals surface area (Å²) in [6.07, 6.45) is 1.87. The highest BCUT2D eigenvalue weighted by Gasteiger charge is 2.31. The van der Waals surface area contributed by atoms with Crippen LogP contribution in [0.5, 0.6) is 0 Å². The SMILES string of the molecule is CC(C(=O)N1CCC(CCO)C1)N1CCNCC1. The van der Waals surface area contributed by atoms with Crippen LogP contribution in [0.1, 0.15) is 19.8 Å². The molecule has 0 aromatic carbocycles. The largest absolute Gasteiger partial charge is 0.396 e. The average Bonchev–Trinajstić information content (AvgIpc) is 2.87. The zero-order valence-corrected chi connectivity index (χ0v) is 11.3. The highest BCUT2D eigenvalue weighted by molar-refractivity contribution is 5.81. The van der Waals surface area contributed by atoms with Gasteiger partial charge in [0, 0.05) is 45.9 Å². The molecule has 2 saturated heterocycles. The molecule has 2 atom stereocenters. The number of hydrogen-bond acceptors (Lipinski definition) is 4. The van der Waals surface area contributed by atoms with Crippen molar-refractivity contribution in [2.75, 3.05) is 45.9 Å². The van der Waals surface area contributed by atoms with E-state index in [2.05, 4.69) is 10.2 Å². The zero-order chi connectivity index (χ0) is 13.0. The second-order valence-corrected chi connectivity index (χ2v) is 5.41. The third-order valence-electron chi connectivity index (χ3n) is 4.19. The van der Waals surface area contributed by atoms with Crippen LogP contribution in [0.4, 0.5) is 0 Å². The van der Waals surface area contributed by atoms with E-state index in [1.807, 2.05) is 11.8 Å². The van der Waals surface area contributed by atoms with Gasteiger partial charge < -0.3 is 15.3 Å². The Morgan fingerprint density at radius 1 is 1.39 bits per heavy atom. The van der Waals surface area contributed by atoms with Crippen molar-refractivity contribution >= 4 is 5.91 Å². The zero-order valence-electron chi connectivity index (χ0n) is 11.3. The number of carbonyl (C=O) groups is 1. The van der Waals surface area contributed by atoms with E-state index in [4.69, 9.17) is 5.11 Å². The minimum absolute atomic E-state index is 0.0000217. The minimum Gasteiger partial charge on any atom is -0.396 e. The van der Waals surface area contributed by atoms with Gasteiger partial charge in [0.05, 0.1) is 6.04 Å². The molecule has 0 bridgehead atoms. The number of amides is 1. The summed E-state index contributed by atoms with van der Waals surface area (Å²) in [7, 11) is 0. The van der Waals surface area contributed by atoms with E-state index in [-0.39, 0.29) is 18.6 Å². The van der Waals surface area contributed by atoms with E-state index in [1.165, 1.54) is 0 Å². The van der Waals surface area contributed by atoms with Gasteiger partial charge in [0.25, 0.3) is 0 Å². The van der Waals surface area contributed by atoms with Crippen molar-refractivity contribution in [3.8, 4) is 0 Å². The summed E-state index contributed by atoms with van der Waals surface area (Å²) < 4.78 is 0. The number of nitrogens with one attached hydrogen (secondary N) is 1. The smallest absolute Gasteiger partial charge is 0.239 e. The molecule has 5 heteroatoms. The summed E-state index contributed by atoms with van der Waals surface area (Å²) in [5, 5.41) is 12.3. The van der Waals surface area contributed by atoms with Crippen LogP contribution in [0, 0.1) is 5.92 Å². The fourth-order valence-electron chi connectivity index (χ4n) is 2.94. The number of aliphatic hydroxyl groups excluding tert-OH is 1. The van der Waals surface area contributed by atoms with Gasteiger partial charge in [-0.3, -0.25) is 9.69 Å². The molecule has 0 aromatic heterocycles. The van der Waals surface area contributed by atoms with E-state index in [0.29, 0.717) is 5.92 Å². The number of aliphatic hydroxyl groups is 1. The topological polar surface area (TPSA) is 55.8 Å². The van der Waals surface area contributed by atoms with Crippen molar-refractivity contribution in [2.45, 2.75) is 25.8 Å². The Morgan fingerprint density at radius 3 is 2.78 bits per heavy atom. The Hall–Kier alpha value is -0.650. The number of rotatable bonds is 4. The fraction of sp³-hybridized carbons (Fsp3) is 0.923. The van der Waals surface area contributed by atoms with Crippen molar-refractivity contribution in [1.82, 2.24) is 15.1 Å². The standard InChI is InChI=1S/C13H25N3O2/c1-11(15-7-4-14-5-8-15)13(18)16-6-2-12(10-16)3-9-17/h11-12,14,17H,2-10H2,1H3. The fourth-order valence-corrected chi connectivity index (χ4v) is 2.94. The lowest BCUT2D eigenvalue weighted by Crippen LogP contribution is -2.53. The van der Waals surface area contributed by atoms with Crippen LogP contribution in [-0.4, -0.2) is 72.7 Å². The number of likely N-dealkylation sites (tertiary alicyclic amines) is 1. The highest BCUT2D eigenvalue weighted by atomic mass is 16.3. The molecule has 0 aliphatic carbocycles. The van der Waals surface area contributed by atoms with Crippen LogP contribution in [-0.2, 0) is 4.79 Å². The number of carbonyl (C=O) groups excluding carboxylic acids is 1. The summed E-state index contributed by atoms with van der Waals surface area (Å²) in [4.78, 5) is 16.6. The van der Waals surface area contributed by atoms with Gasteiger partial charge in [-0.1, -0.05) is 0 Å². The second-order valence-electron chi connectivity index (χ2n) is 5.41. The molecule has 2 fully saturated rings. The highest BCUT2D eigenvalue weighted by Crippen LogP contribution is 2.20. The Morgan fingerprint density at radius 2 is 2.11 bits per heavy atom. The molecule has 18 heavy (non-hydrogen) atoms. The van der Waals surface area contributed by atoms with E-state index < -0.39 is 0 Å². The first-order chi connectivity index (χ1) is 8.72. The molecular weight excluding hydrogens is 230 g/mol. The van der Waals surface area contributed by atoms with E-state index >= 15 is 0 Å². The quantitative estimate of drug-likeness (QED) is 0.712. The maximum atomic E-state index is 12.4. The number of nitrogens with zero attached hydrogens (tertiary/aromatic N) is 2. The van der Waals surface area contributed by atoms with E-state index in [1.54, 1.807) is 0 Å². The van der Waals surface area contributed by atoms with Crippen LogP contribution in [0.2, 0.25) is 0 Å². The van der Waals surface area contributed by atoms with Gasteiger partial charge in [-0.15, -0.1) is 0 Å². The molecule has 2 aliphatic rings. The molecule has 104 valence electrons. The average molecular weight is 255 g/mol. The van der Waals surface area contributed by atoms with Crippen molar-refractivity contribution in [3.63, 3.8) is 0 Å². The van der Waals surface area contributed by atoms with Gasteiger partial charge in [-0.05, 0) is 25.7 Å². The first-order valence-electron chi connectivity index (χ1n) is 7.06. The van der Waals surface area contributed by atoms with Crippen LogP contribution in [0.3, 0.4) is 0 Å². The van der Waals surface area contributed by atoms with Gasteiger partial charge in [0.1, 0.15) is 0 Å². The molecule has 1 amide bonds. The lowest BCUT2D eigenvalue weighted by atomic mass is 10.1. The second kappa shape index (κ2) is 6.50. The summed E-state index contributed by atoms with van der Waals surface area (Å²) in [6, 6.07) is -0.0000217. The van der Waals surface area contributed by atoms with Gasteiger partial charge in [0.15, 0.2) is 0 Å².